The van der Waals surface area contributed by atoms with Crippen LogP contribution in [0.2, 0.25) is 0 Å². The fourth-order valence-corrected chi connectivity index (χ4v) is 1.58. The zero-order valence-electron chi connectivity index (χ0n) is 10.9. The SMILES string of the molecule is COc1ccc2[nH]cc(C(=O)OC(C)(C)C)c2n1. The van der Waals surface area contributed by atoms with Gasteiger partial charge in [-0.25, -0.2) is 9.78 Å². The molecule has 0 saturated heterocycles. The Morgan fingerprint density at radius 3 is 2.67 bits per heavy atom. The summed E-state index contributed by atoms with van der Waals surface area (Å²) in [6, 6.07) is 3.55. The van der Waals surface area contributed by atoms with E-state index < -0.39 is 11.6 Å². The van der Waals surface area contributed by atoms with Crippen LogP contribution < -0.4 is 4.74 Å². The molecule has 0 fully saturated rings. The van der Waals surface area contributed by atoms with Gasteiger partial charge in [-0.3, -0.25) is 0 Å². The Balaban J connectivity index is 2.42. The molecule has 0 aliphatic heterocycles. The number of esters is 1. The second-order valence-corrected chi connectivity index (χ2v) is 4.95. The molecule has 0 aliphatic rings. The molecule has 0 saturated carbocycles. The number of fused-ring (bicyclic) bond motifs is 1. The largest absolute Gasteiger partial charge is 0.481 e. The highest BCUT2D eigenvalue weighted by Gasteiger charge is 2.21. The third-order valence-corrected chi connectivity index (χ3v) is 2.32. The van der Waals surface area contributed by atoms with Gasteiger partial charge in [-0.1, -0.05) is 0 Å². The Morgan fingerprint density at radius 2 is 2.06 bits per heavy atom. The van der Waals surface area contributed by atoms with Gasteiger partial charge >= 0.3 is 5.97 Å². The molecule has 0 amide bonds. The Labute approximate surface area is 105 Å². The first-order valence-electron chi connectivity index (χ1n) is 5.66. The number of carbonyl (C=O) groups excluding carboxylic acids is 1. The van der Waals surface area contributed by atoms with Crippen LogP contribution in [0.25, 0.3) is 11.0 Å². The molecule has 0 radical (unpaired) electrons. The highest BCUT2D eigenvalue weighted by Crippen LogP contribution is 2.21. The molecule has 1 N–H and O–H groups in total. The molecule has 5 heteroatoms. The van der Waals surface area contributed by atoms with Gasteiger partial charge in [0, 0.05) is 12.3 Å². The zero-order chi connectivity index (χ0) is 13.3. The molecular formula is C13H16N2O3. The number of nitrogens with zero attached hydrogens (tertiary/aromatic N) is 1. The predicted octanol–water partition coefficient (Wildman–Crippen LogP) is 2.53. The van der Waals surface area contributed by atoms with Crippen molar-refractivity contribution in [1.29, 1.82) is 0 Å². The van der Waals surface area contributed by atoms with Crippen molar-refractivity contribution < 1.29 is 14.3 Å². The number of ether oxygens (including phenoxy) is 2. The quantitative estimate of drug-likeness (QED) is 0.829. The van der Waals surface area contributed by atoms with E-state index in [9.17, 15) is 4.79 Å². The maximum atomic E-state index is 12.0. The first-order valence-corrected chi connectivity index (χ1v) is 5.66. The average Bonchev–Trinajstić information content (AvgIpc) is 2.69. The van der Waals surface area contributed by atoms with E-state index in [0.717, 1.165) is 5.52 Å². The summed E-state index contributed by atoms with van der Waals surface area (Å²) in [5.74, 6) is 0.0708. The van der Waals surface area contributed by atoms with Crippen LogP contribution in [0.1, 0.15) is 31.1 Å². The number of aromatic amines is 1. The molecule has 0 bridgehead atoms. The highest BCUT2D eigenvalue weighted by molar-refractivity contribution is 6.02. The number of hydrogen-bond acceptors (Lipinski definition) is 4. The molecule has 2 rings (SSSR count). The van der Waals surface area contributed by atoms with Gasteiger partial charge in [0.25, 0.3) is 0 Å². The second kappa shape index (κ2) is 4.33. The van der Waals surface area contributed by atoms with Crippen molar-refractivity contribution in [2.24, 2.45) is 0 Å². The molecule has 0 spiro atoms. The Morgan fingerprint density at radius 1 is 1.33 bits per heavy atom. The van der Waals surface area contributed by atoms with E-state index in [1.165, 1.54) is 7.11 Å². The van der Waals surface area contributed by atoms with E-state index >= 15 is 0 Å². The van der Waals surface area contributed by atoms with E-state index in [4.69, 9.17) is 9.47 Å². The molecule has 0 atom stereocenters. The molecule has 2 aromatic rings. The lowest BCUT2D eigenvalue weighted by molar-refractivity contribution is 0.00717. The molecule has 0 unspecified atom stereocenters. The van der Waals surface area contributed by atoms with Crippen LogP contribution in [0.15, 0.2) is 18.3 Å². The topological polar surface area (TPSA) is 64.2 Å². The maximum Gasteiger partial charge on any atom is 0.342 e. The normalized spacial score (nSPS) is 11.6. The number of aromatic nitrogens is 2. The molecule has 0 aliphatic carbocycles. The minimum Gasteiger partial charge on any atom is -0.481 e. The summed E-state index contributed by atoms with van der Waals surface area (Å²) in [7, 11) is 1.54. The summed E-state index contributed by atoms with van der Waals surface area (Å²) in [5, 5.41) is 0. The lowest BCUT2D eigenvalue weighted by atomic mass is 10.2. The van der Waals surface area contributed by atoms with Crippen LogP contribution in [0.4, 0.5) is 0 Å². The van der Waals surface area contributed by atoms with Gasteiger partial charge in [0.2, 0.25) is 5.88 Å². The smallest absolute Gasteiger partial charge is 0.342 e. The maximum absolute atomic E-state index is 12.0. The fraction of sp³-hybridized carbons (Fsp3) is 0.385. The fourth-order valence-electron chi connectivity index (χ4n) is 1.58. The van der Waals surface area contributed by atoms with E-state index in [1.807, 2.05) is 26.8 Å². The summed E-state index contributed by atoms with van der Waals surface area (Å²) in [6.45, 7) is 5.48. The van der Waals surface area contributed by atoms with Crippen LogP contribution in [-0.2, 0) is 4.74 Å². The lowest BCUT2D eigenvalue weighted by Crippen LogP contribution is -2.23. The van der Waals surface area contributed by atoms with Crippen molar-refractivity contribution in [2.45, 2.75) is 26.4 Å². The minimum atomic E-state index is -0.528. The van der Waals surface area contributed by atoms with Crippen molar-refractivity contribution in [3.05, 3.63) is 23.9 Å². The van der Waals surface area contributed by atoms with E-state index in [1.54, 1.807) is 12.3 Å². The Hall–Kier alpha value is -2.04. The summed E-state index contributed by atoms with van der Waals surface area (Å²) in [5.41, 5.74) is 1.22. The van der Waals surface area contributed by atoms with Crippen molar-refractivity contribution >= 4 is 17.0 Å². The van der Waals surface area contributed by atoms with Crippen molar-refractivity contribution in [3.63, 3.8) is 0 Å². The van der Waals surface area contributed by atoms with Crippen LogP contribution >= 0.6 is 0 Å². The number of H-pyrrole nitrogens is 1. The first kappa shape index (κ1) is 12.4. The van der Waals surface area contributed by atoms with E-state index in [2.05, 4.69) is 9.97 Å². The average molecular weight is 248 g/mol. The molecule has 0 aromatic carbocycles. The van der Waals surface area contributed by atoms with Crippen molar-refractivity contribution in [3.8, 4) is 5.88 Å². The number of hydrogen-bond donors (Lipinski definition) is 1. The number of pyridine rings is 1. The standard InChI is InChI=1S/C13H16N2O3/c1-13(2,3)18-12(16)8-7-14-9-5-6-10(17-4)15-11(8)9/h5-7,14H,1-4H3. The monoisotopic (exact) mass is 248 g/mol. The Kier molecular flexibility index (Phi) is 2.98. The molecule has 2 aromatic heterocycles. The summed E-state index contributed by atoms with van der Waals surface area (Å²) in [4.78, 5) is 19.2. The number of methoxy groups -OCH3 is 1. The molecule has 18 heavy (non-hydrogen) atoms. The van der Waals surface area contributed by atoms with Gasteiger partial charge in [0.05, 0.1) is 12.6 Å². The van der Waals surface area contributed by atoms with Crippen molar-refractivity contribution in [2.75, 3.05) is 7.11 Å². The van der Waals surface area contributed by atoms with Gasteiger partial charge in [0.1, 0.15) is 16.7 Å². The van der Waals surface area contributed by atoms with Crippen LogP contribution in [0.5, 0.6) is 5.88 Å². The summed E-state index contributed by atoms with van der Waals surface area (Å²) >= 11 is 0. The van der Waals surface area contributed by atoms with E-state index in [-0.39, 0.29) is 0 Å². The molecule has 2 heterocycles. The third-order valence-electron chi connectivity index (χ3n) is 2.32. The van der Waals surface area contributed by atoms with E-state index in [0.29, 0.717) is 17.0 Å². The van der Waals surface area contributed by atoms with Gasteiger partial charge in [-0.2, -0.15) is 0 Å². The third kappa shape index (κ3) is 2.45. The highest BCUT2D eigenvalue weighted by atomic mass is 16.6. The number of rotatable bonds is 2. The minimum absolute atomic E-state index is 0.394. The van der Waals surface area contributed by atoms with Gasteiger partial charge in [-0.05, 0) is 26.8 Å². The Bertz CT molecular complexity index is 581. The lowest BCUT2D eigenvalue weighted by Gasteiger charge is -2.18. The number of nitrogens with one attached hydrogen (secondary N) is 1. The molecule has 5 nitrogen and oxygen atoms in total. The predicted molar refractivity (Wildman–Crippen MR) is 67.8 cm³/mol. The van der Waals surface area contributed by atoms with Gasteiger partial charge < -0.3 is 14.5 Å². The van der Waals surface area contributed by atoms with Crippen LogP contribution in [-0.4, -0.2) is 28.6 Å². The van der Waals surface area contributed by atoms with Crippen LogP contribution in [0.3, 0.4) is 0 Å². The first-order chi connectivity index (χ1) is 8.40. The van der Waals surface area contributed by atoms with Gasteiger partial charge in [0.15, 0.2) is 0 Å². The molecule has 96 valence electrons. The van der Waals surface area contributed by atoms with Crippen LogP contribution in [0, 0.1) is 0 Å². The molecular weight excluding hydrogens is 232 g/mol. The van der Waals surface area contributed by atoms with Crippen molar-refractivity contribution in [1.82, 2.24) is 9.97 Å². The summed E-state index contributed by atoms with van der Waals surface area (Å²) < 4.78 is 10.4. The number of carbonyl (C=O) groups is 1. The summed E-state index contributed by atoms with van der Waals surface area (Å²) in [6.07, 6.45) is 1.60. The van der Waals surface area contributed by atoms with Gasteiger partial charge in [-0.15, -0.1) is 0 Å². The second-order valence-electron chi connectivity index (χ2n) is 4.95. The zero-order valence-corrected chi connectivity index (χ0v) is 10.9.